The predicted octanol–water partition coefficient (Wildman–Crippen LogP) is 2.99. The van der Waals surface area contributed by atoms with Crippen LogP contribution in [0.2, 0.25) is 0 Å². The molecule has 14 nitrogen and oxygen atoms in total. The fourth-order valence-electron chi connectivity index (χ4n) is 6.28. The molecule has 17 heteroatoms. The van der Waals surface area contributed by atoms with Crippen LogP contribution in [0.15, 0.2) is 88.7 Å². The van der Waals surface area contributed by atoms with Crippen molar-refractivity contribution in [3.8, 4) is 12.1 Å². The van der Waals surface area contributed by atoms with Gasteiger partial charge in [0, 0.05) is 29.6 Å². The van der Waals surface area contributed by atoms with E-state index in [9.17, 15) is 46.1 Å². The first-order chi connectivity index (χ1) is 25.9. The van der Waals surface area contributed by atoms with Crippen molar-refractivity contribution < 1.29 is 65.1 Å². The number of carbonyl (C=O) groups excluding carboxylic acids is 2. The standard InChI is InChI=1S/C39H32N6O8S2.Na/c1-21-11-25(18-40)12-22(2)37(21)44-32-9-5-27(15-31(32)39(42)47)36(30-8-7-29(54(48,49)50)17-35(30)55(51,52)53)28-6-10-33(34(16-28)43-20-46)45-38-23(3)13-26(19-41)14-24(38)4;/h5-17,20,45H,1-4H3,(H5-,42,43,44,46,47,48,49,50,51,52,53);/q;+1. The maximum absolute atomic E-state index is 13.0. The van der Waals surface area contributed by atoms with Crippen molar-refractivity contribution in [2.24, 2.45) is 5.73 Å². The molecule has 5 aromatic carbocycles. The Morgan fingerprint density at radius 1 is 0.750 bits per heavy atom. The van der Waals surface area contributed by atoms with Crippen LogP contribution in [0.25, 0.3) is 0 Å². The quantitative estimate of drug-likeness (QED) is 0.0402. The van der Waals surface area contributed by atoms with Crippen molar-refractivity contribution in [3.05, 3.63) is 140 Å². The molecule has 0 aliphatic rings. The number of carbonyl (C=O) groups is 2. The molecular formula is C39H32N6NaO8S2+. The van der Waals surface area contributed by atoms with Crippen LogP contribution < -0.4 is 51.2 Å². The van der Waals surface area contributed by atoms with Gasteiger partial charge in [-0.25, -0.2) is 8.42 Å². The second-order valence-electron chi connectivity index (χ2n) is 12.6. The second kappa shape index (κ2) is 17.0. The van der Waals surface area contributed by atoms with Gasteiger partial charge in [0.2, 0.25) is 6.41 Å². The number of nitrogens with two attached hydrogens (primary N) is 1. The summed E-state index contributed by atoms with van der Waals surface area (Å²) in [6.45, 7) is 7.14. The van der Waals surface area contributed by atoms with Gasteiger partial charge < -0.3 is 26.2 Å². The maximum Gasteiger partial charge on any atom is 1.00 e. The molecule has 6 N–H and O–H groups in total. The van der Waals surface area contributed by atoms with Gasteiger partial charge in [0.15, 0.2) is 0 Å². The van der Waals surface area contributed by atoms with Crippen LogP contribution in [0, 0.1) is 56.3 Å². The molecule has 0 aliphatic heterocycles. The van der Waals surface area contributed by atoms with Crippen LogP contribution in [0.5, 0.6) is 0 Å². The van der Waals surface area contributed by atoms with E-state index in [0.29, 0.717) is 51.8 Å². The van der Waals surface area contributed by atoms with Gasteiger partial charge in [-0.05, 0) is 111 Å². The van der Waals surface area contributed by atoms with Gasteiger partial charge >= 0.3 is 39.7 Å². The van der Waals surface area contributed by atoms with Gasteiger partial charge in [0.1, 0.15) is 15.0 Å². The van der Waals surface area contributed by atoms with E-state index in [2.05, 4.69) is 28.1 Å². The van der Waals surface area contributed by atoms with E-state index in [-0.39, 0.29) is 69.1 Å². The average molecular weight is 800 g/mol. The van der Waals surface area contributed by atoms with Crippen LogP contribution in [0.4, 0.5) is 28.4 Å². The van der Waals surface area contributed by atoms with E-state index in [4.69, 9.17) is 5.73 Å². The Kier molecular flexibility index (Phi) is 13.1. The molecule has 0 spiro atoms. The molecular weight excluding hydrogens is 768 g/mol. The monoisotopic (exact) mass is 799 g/mol. The minimum atomic E-state index is -5.21. The van der Waals surface area contributed by atoms with Gasteiger partial charge in [0.05, 0.1) is 73.4 Å². The van der Waals surface area contributed by atoms with Crippen molar-refractivity contribution in [3.63, 3.8) is 0 Å². The summed E-state index contributed by atoms with van der Waals surface area (Å²) in [5.41, 5.74) is 11.7. The first-order valence-electron chi connectivity index (χ1n) is 16.2. The van der Waals surface area contributed by atoms with Gasteiger partial charge in [0.25, 0.3) is 5.91 Å². The number of benzene rings is 5. The maximum atomic E-state index is 13.0. The third-order valence-electron chi connectivity index (χ3n) is 8.73. The van der Waals surface area contributed by atoms with E-state index < -0.39 is 35.9 Å². The number of rotatable bonds is 12. The topological polar surface area (TPSA) is 255 Å². The number of nitriles is 2. The number of primary amides is 1. The molecule has 0 fully saturated rings. The number of anilines is 5. The third-order valence-corrected chi connectivity index (χ3v) is 10.5. The molecule has 2 amide bonds. The number of hydrogen-bond acceptors (Lipinski definition) is 11. The van der Waals surface area contributed by atoms with Crippen LogP contribution >= 0.6 is 0 Å². The predicted molar refractivity (Wildman–Crippen MR) is 204 cm³/mol. The molecule has 0 unspecified atom stereocenters. The molecule has 0 aromatic heterocycles. The fourth-order valence-corrected chi connectivity index (χ4v) is 7.58. The van der Waals surface area contributed by atoms with Gasteiger partial charge in [-0.2, -0.15) is 18.9 Å². The van der Waals surface area contributed by atoms with Crippen LogP contribution in [-0.2, 0) is 25.0 Å². The molecule has 0 atom stereocenters. The normalized spacial score (nSPS) is 11.0. The molecule has 0 saturated carbocycles. The van der Waals surface area contributed by atoms with Crippen molar-refractivity contribution in [2.45, 2.75) is 37.5 Å². The Hall–Kier alpha value is -5.69. The Morgan fingerprint density at radius 2 is 1.23 bits per heavy atom. The van der Waals surface area contributed by atoms with E-state index in [1.54, 1.807) is 64.1 Å². The number of amides is 2. The molecule has 0 radical (unpaired) electrons. The largest absolute Gasteiger partial charge is 1.00 e. The summed E-state index contributed by atoms with van der Waals surface area (Å²) in [5.74, 6) is -0.861. The van der Waals surface area contributed by atoms with E-state index in [1.807, 2.05) is 0 Å². The first kappa shape index (κ1) is 43.0. The van der Waals surface area contributed by atoms with Crippen molar-refractivity contribution >= 4 is 61.0 Å². The van der Waals surface area contributed by atoms with Crippen molar-refractivity contribution in [1.29, 1.82) is 10.5 Å². The number of nitrogens with one attached hydrogen (secondary N) is 3. The Morgan fingerprint density at radius 3 is 1.68 bits per heavy atom. The summed E-state index contributed by atoms with van der Waals surface area (Å²) >= 11 is 0. The van der Waals surface area contributed by atoms with E-state index >= 15 is 0 Å². The Labute approximate surface area is 346 Å². The molecule has 278 valence electrons. The summed E-state index contributed by atoms with van der Waals surface area (Å²) in [6, 6.07) is 22.3. The van der Waals surface area contributed by atoms with Crippen molar-refractivity contribution in [1.82, 2.24) is 0 Å². The smallest absolute Gasteiger partial charge is 0.744 e. The molecule has 5 aromatic rings. The summed E-state index contributed by atoms with van der Waals surface area (Å²) in [5, 5.41) is 27.8. The number of nitrogens with zero attached hydrogens (tertiary/aromatic N) is 2. The molecule has 5 rings (SSSR count). The first-order valence-corrected chi connectivity index (χ1v) is 19.0. The summed E-state index contributed by atoms with van der Waals surface area (Å²) in [7, 11) is -10.4. The Balaban J connectivity index is 0.00000696. The van der Waals surface area contributed by atoms with E-state index in [1.165, 1.54) is 24.3 Å². The minimum Gasteiger partial charge on any atom is -0.744 e. The minimum absolute atomic E-state index is 0. The van der Waals surface area contributed by atoms with Crippen LogP contribution in [0.3, 0.4) is 0 Å². The summed E-state index contributed by atoms with van der Waals surface area (Å²) in [4.78, 5) is 23.0. The molecule has 0 heterocycles. The fraction of sp³-hybridized carbons (Fsp3) is 0.103. The van der Waals surface area contributed by atoms with E-state index in [0.717, 1.165) is 23.3 Å². The summed E-state index contributed by atoms with van der Waals surface area (Å²) < 4.78 is 71.8. The number of hydrogen-bond donors (Lipinski definition) is 5. The van der Waals surface area contributed by atoms with Gasteiger partial charge in [-0.15, -0.1) is 0 Å². The molecule has 0 aliphatic carbocycles. The van der Waals surface area contributed by atoms with Crippen molar-refractivity contribution in [2.75, 3.05) is 16.0 Å². The zero-order valence-corrected chi connectivity index (χ0v) is 34.3. The van der Waals surface area contributed by atoms with Gasteiger partial charge in [-0.3, -0.25) is 14.1 Å². The zero-order chi connectivity index (χ0) is 40.4. The zero-order valence-electron chi connectivity index (χ0n) is 30.7. The molecule has 0 bridgehead atoms. The molecule has 56 heavy (non-hydrogen) atoms. The third kappa shape index (κ3) is 9.22. The Bertz CT molecular complexity index is 2680. The van der Waals surface area contributed by atoms with Crippen LogP contribution in [-0.4, -0.2) is 38.3 Å². The summed E-state index contributed by atoms with van der Waals surface area (Å²) in [6.07, 6.45) is 0.415. The molecule has 0 saturated heterocycles. The van der Waals surface area contributed by atoms with Gasteiger partial charge in [-0.1, -0.05) is 0 Å². The average Bonchev–Trinajstić information content (AvgIpc) is 3.11. The second-order valence-corrected chi connectivity index (χ2v) is 15.3. The SMILES string of the molecule is Cc1cc(C#N)cc(C)c1Nc1ccc([C+](c2ccc(Nc3c(C)cc(C#N)cc3C)c(C(N)=O)c2)c2ccc(S(=O)(=O)[O-])cc2S(=O)(=O)O)cc1NC=O.[Na+]. The van der Waals surface area contributed by atoms with Crippen LogP contribution in [0.1, 0.15) is 60.4 Å². The number of aryl methyl sites for hydroxylation is 4.